The predicted molar refractivity (Wildman–Crippen MR) is 66.5 cm³/mol. The van der Waals surface area contributed by atoms with Gasteiger partial charge in [0.2, 0.25) is 0 Å². The van der Waals surface area contributed by atoms with Crippen LogP contribution < -0.4 is 0 Å². The SMILES string of the molecule is CCC(O)CN1CCC(CN2CCCC2)C1. The van der Waals surface area contributed by atoms with Crippen LogP contribution >= 0.6 is 0 Å². The Balaban J connectivity index is 1.66. The van der Waals surface area contributed by atoms with Crippen LogP contribution in [0.3, 0.4) is 0 Å². The average Bonchev–Trinajstić information content (AvgIpc) is 2.91. The van der Waals surface area contributed by atoms with E-state index in [1.165, 1.54) is 52.0 Å². The van der Waals surface area contributed by atoms with Crippen molar-refractivity contribution in [1.82, 2.24) is 9.80 Å². The van der Waals surface area contributed by atoms with Crippen LogP contribution in [0.1, 0.15) is 32.6 Å². The van der Waals surface area contributed by atoms with Crippen LogP contribution in [0.25, 0.3) is 0 Å². The molecule has 16 heavy (non-hydrogen) atoms. The first-order valence-corrected chi connectivity index (χ1v) is 6.90. The summed E-state index contributed by atoms with van der Waals surface area (Å²) in [6, 6.07) is 0. The summed E-state index contributed by atoms with van der Waals surface area (Å²) in [5.74, 6) is 0.849. The molecule has 0 radical (unpaired) electrons. The third-order valence-electron chi connectivity index (χ3n) is 4.03. The van der Waals surface area contributed by atoms with Crippen LogP contribution in [0.2, 0.25) is 0 Å². The topological polar surface area (TPSA) is 26.7 Å². The van der Waals surface area contributed by atoms with Gasteiger partial charge in [-0.3, -0.25) is 0 Å². The number of hydrogen-bond donors (Lipinski definition) is 1. The summed E-state index contributed by atoms with van der Waals surface area (Å²) in [6.07, 6.45) is 4.88. The summed E-state index contributed by atoms with van der Waals surface area (Å²) in [4.78, 5) is 5.05. The lowest BCUT2D eigenvalue weighted by molar-refractivity contribution is 0.118. The molecule has 0 aromatic rings. The molecule has 3 heteroatoms. The number of hydrogen-bond acceptors (Lipinski definition) is 3. The molecule has 0 aromatic heterocycles. The van der Waals surface area contributed by atoms with Crippen LogP contribution in [0, 0.1) is 5.92 Å². The van der Waals surface area contributed by atoms with Gasteiger partial charge in [-0.25, -0.2) is 0 Å². The van der Waals surface area contributed by atoms with E-state index in [9.17, 15) is 5.11 Å². The molecule has 3 nitrogen and oxygen atoms in total. The second-order valence-corrected chi connectivity index (χ2v) is 5.48. The van der Waals surface area contributed by atoms with E-state index in [-0.39, 0.29) is 6.10 Å². The Morgan fingerprint density at radius 1 is 1.19 bits per heavy atom. The molecule has 0 saturated carbocycles. The van der Waals surface area contributed by atoms with Crippen molar-refractivity contribution in [2.45, 2.75) is 38.7 Å². The molecular weight excluding hydrogens is 200 g/mol. The molecule has 0 bridgehead atoms. The highest BCUT2D eigenvalue weighted by Gasteiger charge is 2.26. The van der Waals surface area contributed by atoms with Gasteiger partial charge < -0.3 is 14.9 Å². The zero-order valence-electron chi connectivity index (χ0n) is 10.6. The number of β-amino-alcohol motifs (C(OH)–C–C–N with tert-alkyl or cyclic N) is 1. The van der Waals surface area contributed by atoms with Gasteiger partial charge in [-0.05, 0) is 51.2 Å². The molecule has 2 atom stereocenters. The Labute approximate surface area is 99.4 Å². The third kappa shape index (κ3) is 3.44. The van der Waals surface area contributed by atoms with Gasteiger partial charge in [-0.1, -0.05) is 6.92 Å². The predicted octanol–water partition coefficient (Wildman–Crippen LogP) is 1.17. The second-order valence-electron chi connectivity index (χ2n) is 5.48. The maximum Gasteiger partial charge on any atom is 0.0664 e. The van der Waals surface area contributed by atoms with Crippen LogP contribution in [0.5, 0.6) is 0 Å². The summed E-state index contributed by atoms with van der Waals surface area (Å²) in [5, 5.41) is 9.64. The largest absolute Gasteiger partial charge is 0.392 e. The van der Waals surface area contributed by atoms with E-state index in [1.54, 1.807) is 0 Å². The number of aliphatic hydroxyl groups is 1. The third-order valence-corrected chi connectivity index (χ3v) is 4.03. The highest BCUT2D eigenvalue weighted by molar-refractivity contribution is 4.80. The van der Waals surface area contributed by atoms with Crippen LogP contribution in [0.15, 0.2) is 0 Å². The molecule has 2 heterocycles. The first-order valence-electron chi connectivity index (χ1n) is 6.90. The van der Waals surface area contributed by atoms with Crippen molar-refractivity contribution in [1.29, 1.82) is 0 Å². The normalized spacial score (nSPS) is 30.0. The minimum Gasteiger partial charge on any atom is -0.392 e. The minimum atomic E-state index is -0.120. The molecule has 0 spiro atoms. The molecule has 2 saturated heterocycles. The van der Waals surface area contributed by atoms with E-state index in [4.69, 9.17) is 0 Å². The second kappa shape index (κ2) is 5.99. The van der Waals surface area contributed by atoms with E-state index < -0.39 is 0 Å². The van der Waals surface area contributed by atoms with Crippen LogP contribution in [-0.4, -0.2) is 60.3 Å². The van der Waals surface area contributed by atoms with E-state index in [1.807, 2.05) is 0 Å². The van der Waals surface area contributed by atoms with Crippen LogP contribution in [0.4, 0.5) is 0 Å². The highest BCUT2D eigenvalue weighted by atomic mass is 16.3. The lowest BCUT2D eigenvalue weighted by Gasteiger charge is -2.21. The molecule has 0 aromatic carbocycles. The number of aliphatic hydroxyl groups excluding tert-OH is 1. The van der Waals surface area contributed by atoms with Gasteiger partial charge in [-0.15, -0.1) is 0 Å². The zero-order chi connectivity index (χ0) is 11.4. The average molecular weight is 226 g/mol. The first-order chi connectivity index (χ1) is 7.78. The van der Waals surface area contributed by atoms with E-state index in [0.29, 0.717) is 0 Å². The molecule has 1 N–H and O–H groups in total. The maximum atomic E-state index is 9.64. The van der Waals surface area contributed by atoms with E-state index in [0.717, 1.165) is 18.9 Å². The number of nitrogens with zero attached hydrogens (tertiary/aromatic N) is 2. The zero-order valence-corrected chi connectivity index (χ0v) is 10.6. The Bertz CT molecular complexity index is 204. The molecular formula is C13H26N2O. The van der Waals surface area contributed by atoms with Crippen molar-refractivity contribution in [3.8, 4) is 0 Å². The van der Waals surface area contributed by atoms with Gasteiger partial charge in [0, 0.05) is 19.6 Å². The van der Waals surface area contributed by atoms with Gasteiger partial charge in [-0.2, -0.15) is 0 Å². The Hall–Kier alpha value is -0.120. The fourth-order valence-electron chi connectivity index (χ4n) is 2.99. The van der Waals surface area contributed by atoms with E-state index >= 15 is 0 Å². The molecule has 2 aliphatic heterocycles. The standard InChI is InChI=1S/C13H26N2O/c1-2-13(16)11-15-8-5-12(10-15)9-14-6-3-4-7-14/h12-13,16H,2-11H2,1H3. The summed E-state index contributed by atoms with van der Waals surface area (Å²) in [5.41, 5.74) is 0. The molecule has 0 amide bonds. The minimum absolute atomic E-state index is 0.120. The molecule has 2 aliphatic rings. The Kier molecular flexibility index (Phi) is 4.62. The molecule has 2 rings (SSSR count). The molecule has 94 valence electrons. The fraction of sp³-hybridized carbons (Fsp3) is 1.00. The molecule has 2 fully saturated rings. The Morgan fingerprint density at radius 3 is 2.62 bits per heavy atom. The van der Waals surface area contributed by atoms with Crippen molar-refractivity contribution in [2.24, 2.45) is 5.92 Å². The van der Waals surface area contributed by atoms with Crippen molar-refractivity contribution in [3.63, 3.8) is 0 Å². The van der Waals surface area contributed by atoms with Crippen molar-refractivity contribution in [2.75, 3.05) is 39.3 Å². The van der Waals surface area contributed by atoms with Crippen LogP contribution in [-0.2, 0) is 0 Å². The van der Waals surface area contributed by atoms with Gasteiger partial charge in [0.15, 0.2) is 0 Å². The van der Waals surface area contributed by atoms with Crippen molar-refractivity contribution < 1.29 is 5.11 Å². The first kappa shape index (κ1) is 12.3. The number of rotatable bonds is 5. The van der Waals surface area contributed by atoms with Gasteiger partial charge >= 0.3 is 0 Å². The summed E-state index contributed by atoms with van der Waals surface area (Å²) < 4.78 is 0. The van der Waals surface area contributed by atoms with Gasteiger partial charge in [0.25, 0.3) is 0 Å². The van der Waals surface area contributed by atoms with Gasteiger partial charge in [0.05, 0.1) is 6.10 Å². The summed E-state index contributed by atoms with van der Waals surface area (Å²) in [6.45, 7) is 9.25. The maximum absolute atomic E-state index is 9.64. The highest BCUT2D eigenvalue weighted by Crippen LogP contribution is 2.20. The fourth-order valence-corrected chi connectivity index (χ4v) is 2.99. The van der Waals surface area contributed by atoms with Crippen molar-refractivity contribution in [3.05, 3.63) is 0 Å². The van der Waals surface area contributed by atoms with Crippen molar-refractivity contribution >= 4 is 0 Å². The summed E-state index contributed by atoms with van der Waals surface area (Å²) >= 11 is 0. The monoisotopic (exact) mass is 226 g/mol. The quantitative estimate of drug-likeness (QED) is 0.762. The van der Waals surface area contributed by atoms with Gasteiger partial charge in [0.1, 0.15) is 0 Å². The molecule has 0 aliphatic carbocycles. The molecule has 2 unspecified atom stereocenters. The lowest BCUT2D eigenvalue weighted by atomic mass is 10.1. The Morgan fingerprint density at radius 2 is 1.94 bits per heavy atom. The van der Waals surface area contributed by atoms with E-state index in [2.05, 4.69) is 16.7 Å². The lowest BCUT2D eigenvalue weighted by Crippen LogP contribution is -2.32. The smallest absolute Gasteiger partial charge is 0.0664 e. The summed E-state index contributed by atoms with van der Waals surface area (Å²) in [7, 11) is 0. The number of likely N-dealkylation sites (tertiary alicyclic amines) is 2.